The minimum Gasteiger partial charge on any atom is -0.488 e. The van der Waals surface area contributed by atoms with E-state index >= 15 is 0 Å². The van der Waals surface area contributed by atoms with Gasteiger partial charge in [-0.1, -0.05) is 74.6 Å². The van der Waals surface area contributed by atoms with Crippen LogP contribution in [0.3, 0.4) is 0 Å². The summed E-state index contributed by atoms with van der Waals surface area (Å²) in [5, 5.41) is 13.2. The molecule has 2 aromatic rings. The molecule has 8 heteroatoms. The molecule has 0 fully saturated rings. The lowest BCUT2D eigenvalue weighted by Crippen LogP contribution is -2.18. The first kappa shape index (κ1) is 21.3. The van der Waals surface area contributed by atoms with Gasteiger partial charge in [0.1, 0.15) is 23.5 Å². The Morgan fingerprint density at radius 1 is 1.26 bits per heavy atom. The van der Waals surface area contributed by atoms with Gasteiger partial charge in [-0.3, -0.25) is 0 Å². The second-order valence-corrected chi connectivity index (χ2v) is 7.15. The molecule has 0 amide bonds. The molecule has 0 bridgehead atoms. The number of carboxylic acid groups (broad SMARTS) is 1. The third-order valence-electron chi connectivity index (χ3n) is 3.38. The molecule has 1 N–H and O–H groups in total. The quantitative estimate of drug-likeness (QED) is 0.399. The molecule has 142 valence electrons. The molecule has 0 radical (unpaired) electrons. The molecule has 0 unspecified atom stereocenters. The Kier molecular flexibility index (Phi) is 8.16. The molecule has 0 saturated heterocycles. The van der Waals surface area contributed by atoms with Crippen LogP contribution in [0, 0.1) is 0 Å². The predicted molar refractivity (Wildman–Crippen MR) is 110 cm³/mol. The normalized spacial score (nSPS) is 11.0. The van der Waals surface area contributed by atoms with E-state index in [-0.39, 0.29) is 23.4 Å². The molecular weight excluding hydrogens is 457 g/mol. The lowest BCUT2D eigenvalue weighted by molar-refractivity contribution is -0.129. The van der Waals surface area contributed by atoms with E-state index < -0.39 is 5.97 Å². The van der Waals surface area contributed by atoms with Crippen LogP contribution in [-0.4, -0.2) is 23.4 Å². The molecule has 0 saturated carbocycles. The van der Waals surface area contributed by atoms with Crippen molar-refractivity contribution in [3.05, 3.63) is 68.1 Å². The van der Waals surface area contributed by atoms with Crippen LogP contribution >= 0.6 is 39.1 Å². The number of carboxylic acids is 1. The van der Waals surface area contributed by atoms with E-state index in [0.717, 1.165) is 4.47 Å². The van der Waals surface area contributed by atoms with Gasteiger partial charge >= 0.3 is 5.97 Å². The molecule has 0 heterocycles. The number of halogens is 3. The van der Waals surface area contributed by atoms with Gasteiger partial charge in [0, 0.05) is 15.6 Å². The van der Waals surface area contributed by atoms with E-state index in [1.54, 1.807) is 49.4 Å². The minimum atomic E-state index is -1.18. The van der Waals surface area contributed by atoms with Gasteiger partial charge in [-0.2, -0.15) is 0 Å². The minimum absolute atomic E-state index is 0.0968. The number of oxime groups is 1. The van der Waals surface area contributed by atoms with Crippen LogP contribution in [0.1, 0.15) is 23.6 Å². The Balaban J connectivity index is 2.34. The third kappa shape index (κ3) is 6.27. The monoisotopic (exact) mass is 471 g/mol. The Labute approximate surface area is 175 Å². The first-order valence-corrected chi connectivity index (χ1v) is 9.43. The number of benzene rings is 2. The summed E-state index contributed by atoms with van der Waals surface area (Å²) >= 11 is 14.9. The Morgan fingerprint density at radius 2 is 2.00 bits per heavy atom. The van der Waals surface area contributed by atoms with Crippen LogP contribution in [0.25, 0.3) is 6.08 Å². The second kappa shape index (κ2) is 10.3. The Bertz CT molecular complexity index is 880. The fourth-order valence-electron chi connectivity index (χ4n) is 2.24. The fraction of sp³-hybridized carbons (Fsp3) is 0.158. The molecule has 5 nitrogen and oxygen atoms in total. The molecule has 0 aromatic heterocycles. The van der Waals surface area contributed by atoms with Crippen molar-refractivity contribution < 1.29 is 19.5 Å². The van der Waals surface area contributed by atoms with E-state index in [2.05, 4.69) is 21.1 Å². The molecule has 0 spiro atoms. The van der Waals surface area contributed by atoms with Crippen LogP contribution in [0.15, 0.2) is 56.6 Å². The highest BCUT2D eigenvalue weighted by atomic mass is 79.9. The topological polar surface area (TPSA) is 68.1 Å². The van der Waals surface area contributed by atoms with Gasteiger partial charge in [0.25, 0.3) is 0 Å². The molecule has 0 aliphatic heterocycles. The maximum atomic E-state index is 11.6. The Hall–Kier alpha value is -2.02. The lowest BCUT2D eigenvalue weighted by Gasteiger charge is -2.13. The molecule has 2 aromatic carbocycles. The van der Waals surface area contributed by atoms with Crippen LogP contribution in [0.2, 0.25) is 0 Å². The third-order valence-corrected chi connectivity index (χ3v) is 4.09. The van der Waals surface area contributed by atoms with Gasteiger partial charge in [-0.25, -0.2) is 4.79 Å². The van der Waals surface area contributed by atoms with E-state index in [1.165, 1.54) is 0 Å². The van der Waals surface area contributed by atoms with Gasteiger partial charge in [-0.05, 0) is 30.7 Å². The molecule has 27 heavy (non-hydrogen) atoms. The number of nitrogens with zero attached hydrogens (tertiary/aromatic N) is 1. The van der Waals surface area contributed by atoms with Crippen molar-refractivity contribution in [2.24, 2.45) is 5.16 Å². The number of aliphatic carboxylic acids is 1. The van der Waals surface area contributed by atoms with Crippen molar-refractivity contribution in [2.45, 2.75) is 13.5 Å². The second-order valence-electron chi connectivity index (χ2n) is 5.22. The van der Waals surface area contributed by atoms with Crippen LogP contribution in [0.5, 0.6) is 5.75 Å². The highest BCUT2D eigenvalue weighted by Crippen LogP contribution is 2.28. The molecule has 0 aliphatic carbocycles. The first-order chi connectivity index (χ1) is 12.9. The SMILES string of the molecule is CCON=C(C(=O)O)c1ccccc1COc1cc(Br)ccc1C=C(Cl)Cl. The maximum Gasteiger partial charge on any atom is 0.358 e. The van der Waals surface area contributed by atoms with Gasteiger partial charge in [0.05, 0.1) is 0 Å². The summed E-state index contributed by atoms with van der Waals surface area (Å²) < 4.78 is 6.81. The molecule has 0 atom stereocenters. The lowest BCUT2D eigenvalue weighted by atomic mass is 10.0. The standard InChI is InChI=1S/C19H16BrCl2NO4/c1-2-27-23-18(19(24)25)15-6-4-3-5-13(15)11-26-16-10-14(20)8-7-12(16)9-17(21)22/h3-10H,2,11H2,1H3,(H,24,25). The van der Waals surface area contributed by atoms with Crippen molar-refractivity contribution in [3.63, 3.8) is 0 Å². The summed E-state index contributed by atoms with van der Waals surface area (Å²) in [7, 11) is 0. The summed E-state index contributed by atoms with van der Waals surface area (Å²) in [6.45, 7) is 2.11. The van der Waals surface area contributed by atoms with Gasteiger partial charge in [-0.15, -0.1) is 0 Å². The van der Waals surface area contributed by atoms with E-state index in [9.17, 15) is 9.90 Å². The van der Waals surface area contributed by atoms with Crippen LogP contribution in [-0.2, 0) is 16.2 Å². The van der Waals surface area contributed by atoms with Crippen molar-refractivity contribution in [3.8, 4) is 5.75 Å². The number of hydrogen-bond donors (Lipinski definition) is 1. The summed E-state index contributed by atoms with van der Waals surface area (Å²) in [4.78, 5) is 16.5. The van der Waals surface area contributed by atoms with E-state index in [1.807, 2.05) is 6.07 Å². The van der Waals surface area contributed by atoms with Crippen LogP contribution < -0.4 is 4.74 Å². The zero-order chi connectivity index (χ0) is 19.8. The smallest absolute Gasteiger partial charge is 0.358 e. The number of ether oxygens (including phenoxy) is 1. The summed E-state index contributed by atoms with van der Waals surface area (Å²) in [6.07, 6.45) is 1.57. The molecular formula is C19H16BrCl2NO4. The van der Waals surface area contributed by atoms with Gasteiger partial charge in [0.2, 0.25) is 0 Å². The zero-order valence-corrected chi connectivity index (χ0v) is 17.4. The maximum absolute atomic E-state index is 11.6. The number of hydrogen-bond acceptors (Lipinski definition) is 4. The van der Waals surface area contributed by atoms with Gasteiger partial charge in [0.15, 0.2) is 5.71 Å². The summed E-state index contributed by atoms with van der Waals surface area (Å²) in [5.74, 6) is -0.646. The van der Waals surface area contributed by atoms with Crippen molar-refractivity contribution in [2.75, 3.05) is 6.61 Å². The van der Waals surface area contributed by atoms with E-state index in [0.29, 0.717) is 22.4 Å². The number of rotatable bonds is 8. The van der Waals surface area contributed by atoms with Crippen molar-refractivity contribution in [1.82, 2.24) is 0 Å². The molecule has 0 aliphatic rings. The fourth-order valence-corrected chi connectivity index (χ4v) is 2.81. The average Bonchev–Trinajstić information content (AvgIpc) is 2.62. The molecule has 2 rings (SSSR count). The highest BCUT2D eigenvalue weighted by molar-refractivity contribution is 9.10. The zero-order valence-electron chi connectivity index (χ0n) is 14.3. The average molecular weight is 473 g/mol. The largest absolute Gasteiger partial charge is 0.488 e. The Morgan fingerprint density at radius 3 is 2.67 bits per heavy atom. The predicted octanol–water partition coefficient (Wildman–Crippen LogP) is 5.63. The van der Waals surface area contributed by atoms with E-state index in [4.69, 9.17) is 32.8 Å². The van der Waals surface area contributed by atoms with Gasteiger partial charge < -0.3 is 14.7 Å². The number of carbonyl (C=O) groups is 1. The summed E-state index contributed by atoms with van der Waals surface area (Å²) in [6, 6.07) is 12.3. The van der Waals surface area contributed by atoms with Crippen molar-refractivity contribution >= 4 is 56.9 Å². The first-order valence-electron chi connectivity index (χ1n) is 7.89. The summed E-state index contributed by atoms with van der Waals surface area (Å²) in [5.41, 5.74) is 1.57. The highest BCUT2D eigenvalue weighted by Gasteiger charge is 2.18. The van der Waals surface area contributed by atoms with Crippen molar-refractivity contribution in [1.29, 1.82) is 0 Å². The van der Waals surface area contributed by atoms with Crippen LogP contribution in [0.4, 0.5) is 0 Å².